The van der Waals surface area contributed by atoms with E-state index < -0.39 is 0 Å². The van der Waals surface area contributed by atoms with Crippen molar-refractivity contribution < 1.29 is 5.11 Å². The van der Waals surface area contributed by atoms with Gasteiger partial charge in [-0.2, -0.15) is 5.10 Å². The Bertz CT molecular complexity index is 606. The molecule has 1 aliphatic rings. The molecule has 2 aromatic rings. The summed E-state index contributed by atoms with van der Waals surface area (Å²) in [4.78, 5) is 6.83. The molecule has 3 heterocycles. The van der Waals surface area contributed by atoms with Crippen LogP contribution >= 0.6 is 0 Å². The van der Waals surface area contributed by atoms with Gasteiger partial charge in [0.25, 0.3) is 0 Å². The Morgan fingerprint density at radius 3 is 2.96 bits per heavy atom. The van der Waals surface area contributed by atoms with Gasteiger partial charge in [-0.05, 0) is 45.3 Å². The number of imidazole rings is 1. The molecule has 2 aromatic heterocycles. The van der Waals surface area contributed by atoms with Gasteiger partial charge in [-0.1, -0.05) is 0 Å². The molecule has 0 aromatic carbocycles. The summed E-state index contributed by atoms with van der Waals surface area (Å²) in [7, 11) is 0. The topological polar surface area (TPSA) is 59.1 Å². The van der Waals surface area contributed by atoms with Crippen molar-refractivity contribution in [1.82, 2.24) is 24.2 Å². The van der Waals surface area contributed by atoms with Crippen LogP contribution in [0.4, 0.5) is 0 Å². The fraction of sp³-hybridized carbons (Fsp3) is 0.647. The normalized spacial score (nSPS) is 19.3. The predicted molar refractivity (Wildman–Crippen MR) is 89.3 cm³/mol. The number of nitrogens with zero attached hydrogens (tertiary/aromatic N) is 5. The molecule has 3 rings (SSSR count). The van der Waals surface area contributed by atoms with E-state index in [1.165, 1.54) is 25.1 Å². The second kappa shape index (κ2) is 7.75. The van der Waals surface area contributed by atoms with Gasteiger partial charge in [0.2, 0.25) is 0 Å². The minimum Gasteiger partial charge on any atom is -0.394 e. The van der Waals surface area contributed by atoms with E-state index in [9.17, 15) is 0 Å². The van der Waals surface area contributed by atoms with Gasteiger partial charge in [0.15, 0.2) is 0 Å². The number of aryl methyl sites for hydroxylation is 2. The first-order valence-electron chi connectivity index (χ1n) is 8.60. The Kier molecular flexibility index (Phi) is 5.46. The summed E-state index contributed by atoms with van der Waals surface area (Å²) in [5.74, 6) is 1.62. The Balaban J connectivity index is 1.48. The largest absolute Gasteiger partial charge is 0.394 e. The lowest BCUT2D eigenvalue weighted by molar-refractivity contribution is 0.200. The lowest BCUT2D eigenvalue weighted by Crippen LogP contribution is -2.35. The van der Waals surface area contributed by atoms with Crippen molar-refractivity contribution in [3.8, 4) is 0 Å². The maximum absolute atomic E-state index is 9.00. The van der Waals surface area contributed by atoms with Crippen molar-refractivity contribution in [2.45, 2.75) is 45.2 Å². The molecule has 0 bridgehead atoms. The highest BCUT2D eigenvalue weighted by molar-refractivity contribution is 5.08. The van der Waals surface area contributed by atoms with Crippen molar-refractivity contribution in [1.29, 1.82) is 0 Å². The van der Waals surface area contributed by atoms with Gasteiger partial charge in [0.1, 0.15) is 5.82 Å². The lowest BCUT2D eigenvalue weighted by Gasteiger charge is -2.32. The maximum Gasteiger partial charge on any atom is 0.105 e. The third kappa shape index (κ3) is 4.20. The zero-order valence-electron chi connectivity index (χ0n) is 13.9. The molecule has 0 aliphatic carbocycles. The molecule has 0 unspecified atom stereocenters. The van der Waals surface area contributed by atoms with E-state index in [-0.39, 0.29) is 6.61 Å². The molecule has 6 nitrogen and oxygen atoms in total. The van der Waals surface area contributed by atoms with Gasteiger partial charge in [-0.25, -0.2) is 4.98 Å². The number of aliphatic hydroxyl groups is 1. The first kappa shape index (κ1) is 16.2. The molecule has 1 aliphatic heterocycles. The summed E-state index contributed by atoms with van der Waals surface area (Å²) in [6.45, 7) is 7.24. The van der Waals surface area contributed by atoms with Gasteiger partial charge in [0, 0.05) is 37.6 Å². The Morgan fingerprint density at radius 2 is 2.17 bits per heavy atom. The number of rotatable bonds is 7. The monoisotopic (exact) mass is 317 g/mol. The highest BCUT2D eigenvalue weighted by Crippen LogP contribution is 2.25. The average molecular weight is 317 g/mol. The molecule has 6 heteroatoms. The second-order valence-electron chi connectivity index (χ2n) is 6.39. The summed E-state index contributed by atoms with van der Waals surface area (Å²) in [5.41, 5.74) is 1.17. The SMILES string of the molecule is Cc1nccn1CCCN1CCC[C@@H](c2ccn(CCO)n2)C1. The van der Waals surface area contributed by atoms with E-state index in [0.29, 0.717) is 12.5 Å². The molecule has 0 amide bonds. The van der Waals surface area contributed by atoms with Gasteiger partial charge >= 0.3 is 0 Å². The van der Waals surface area contributed by atoms with Crippen molar-refractivity contribution >= 4 is 0 Å². The van der Waals surface area contributed by atoms with Crippen molar-refractivity contribution in [3.63, 3.8) is 0 Å². The molecule has 1 fully saturated rings. The van der Waals surface area contributed by atoms with Crippen LogP contribution < -0.4 is 0 Å². The molecule has 126 valence electrons. The van der Waals surface area contributed by atoms with E-state index in [0.717, 1.165) is 31.9 Å². The third-order valence-corrected chi connectivity index (χ3v) is 4.71. The smallest absolute Gasteiger partial charge is 0.105 e. The zero-order chi connectivity index (χ0) is 16.1. The summed E-state index contributed by atoms with van der Waals surface area (Å²) in [6.07, 6.45) is 9.52. The molecule has 23 heavy (non-hydrogen) atoms. The third-order valence-electron chi connectivity index (χ3n) is 4.71. The number of piperidine rings is 1. The van der Waals surface area contributed by atoms with Crippen LogP contribution in [-0.4, -0.2) is 55.6 Å². The van der Waals surface area contributed by atoms with Crippen LogP contribution in [0.1, 0.15) is 36.7 Å². The molecule has 0 saturated carbocycles. The molecule has 1 N–H and O–H groups in total. The molecular weight excluding hydrogens is 290 g/mol. The van der Waals surface area contributed by atoms with Crippen LogP contribution in [0.3, 0.4) is 0 Å². The summed E-state index contributed by atoms with van der Waals surface area (Å²) >= 11 is 0. The van der Waals surface area contributed by atoms with Gasteiger partial charge in [-0.15, -0.1) is 0 Å². The van der Waals surface area contributed by atoms with Gasteiger partial charge in [-0.3, -0.25) is 4.68 Å². The molecule has 0 spiro atoms. The average Bonchev–Trinajstić information content (AvgIpc) is 3.18. The number of hydrogen-bond acceptors (Lipinski definition) is 4. The summed E-state index contributed by atoms with van der Waals surface area (Å²) < 4.78 is 4.06. The standard InChI is InChI=1S/C17H27N5O/c1-15-18-6-11-21(15)9-3-8-20-7-2-4-16(14-20)17-5-10-22(19-17)12-13-23/h5-6,10-11,16,23H,2-4,7-9,12-14H2,1H3/t16-/m1/s1. The van der Waals surface area contributed by atoms with E-state index in [2.05, 4.69) is 38.7 Å². The Morgan fingerprint density at radius 1 is 1.26 bits per heavy atom. The quantitative estimate of drug-likeness (QED) is 0.843. The van der Waals surface area contributed by atoms with Crippen LogP contribution in [0.15, 0.2) is 24.7 Å². The van der Waals surface area contributed by atoms with Gasteiger partial charge in [0.05, 0.1) is 18.8 Å². The van der Waals surface area contributed by atoms with Crippen molar-refractivity contribution in [3.05, 3.63) is 36.2 Å². The Labute approximate surface area is 137 Å². The van der Waals surface area contributed by atoms with E-state index >= 15 is 0 Å². The molecule has 1 saturated heterocycles. The van der Waals surface area contributed by atoms with Crippen molar-refractivity contribution in [2.75, 3.05) is 26.2 Å². The maximum atomic E-state index is 9.00. The predicted octanol–water partition coefficient (Wildman–Crippen LogP) is 1.65. The van der Waals surface area contributed by atoms with Crippen LogP contribution in [0.5, 0.6) is 0 Å². The van der Waals surface area contributed by atoms with E-state index in [1.807, 2.05) is 17.1 Å². The number of aliphatic hydroxyl groups excluding tert-OH is 1. The number of likely N-dealkylation sites (tertiary alicyclic amines) is 1. The van der Waals surface area contributed by atoms with E-state index in [1.54, 1.807) is 0 Å². The molecular formula is C17H27N5O. The molecule has 0 radical (unpaired) electrons. The van der Waals surface area contributed by atoms with Crippen LogP contribution in [-0.2, 0) is 13.1 Å². The second-order valence-corrected chi connectivity index (χ2v) is 6.39. The summed E-state index contributed by atoms with van der Waals surface area (Å²) in [5, 5.41) is 13.6. The first-order chi connectivity index (χ1) is 11.3. The highest BCUT2D eigenvalue weighted by Gasteiger charge is 2.22. The minimum absolute atomic E-state index is 0.144. The van der Waals surface area contributed by atoms with Crippen LogP contribution in [0.2, 0.25) is 0 Å². The number of hydrogen-bond donors (Lipinski definition) is 1. The molecule has 1 atom stereocenters. The number of aromatic nitrogens is 4. The zero-order valence-corrected chi connectivity index (χ0v) is 13.9. The highest BCUT2D eigenvalue weighted by atomic mass is 16.3. The fourth-order valence-electron chi connectivity index (χ4n) is 3.43. The lowest BCUT2D eigenvalue weighted by atomic mass is 9.95. The summed E-state index contributed by atoms with van der Waals surface area (Å²) in [6, 6.07) is 2.11. The van der Waals surface area contributed by atoms with Gasteiger partial charge < -0.3 is 14.6 Å². The Hall–Kier alpha value is -1.66. The fourth-order valence-corrected chi connectivity index (χ4v) is 3.43. The van der Waals surface area contributed by atoms with E-state index in [4.69, 9.17) is 5.11 Å². The van der Waals surface area contributed by atoms with Crippen molar-refractivity contribution in [2.24, 2.45) is 0 Å². The minimum atomic E-state index is 0.144. The first-order valence-corrected chi connectivity index (χ1v) is 8.60. The van der Waals surface area contributed by atoms with Crippen LogP contribution in [0, 0.1) is 6.92 Å². The van der Waals surface area contributed by atoms with Crippen LogP contribution in [0.25, 0.3) is 0 Å².